The first kappa shape index (κ1) is 7.50. The third-order valence-corrected chi connectivity index (χ3v) is 1.61. The predicted octanol–water partition coefficient (Wildman–Crippen LogP) is 0.299. The monoisotopic (exact) mass is 171 g/mol. The van der Waals surface area contributed by atoms with Crippen molar-refractivity contribution in [3.8, 4) is 12.3 Å². The summed E-state index contributed by atoms with van der Waals surface area (Å²) in [6.07, 6.45) is 8.25. The molecule has 0 aliphatic heterocycles. The van der Waals surface area contributed by atoms with Gasteiger partial charge in [-0.2, -0.15) is 0 Å². The zero-order valence-corrected chi connectivity index (χ0v) is 6.61. The Morgan fingerprint density at radius 2 is 2.38 bits per heavy atom. The molecule has 2 rings (SSSR count). The summed E-state index contributed by atoms with van der Waals surface area (Å²) in [6.45, 7) is 0. The molecular weight excluding hydrogens is 166 g/mol. The molecule has 0 aliphatic carbocycles. The minimum atomic E-state index is -0.200. The number of H-pyrrole nitrogens is 1. The maximum absolute atomic E-state index is 10.9. The molecule has 0 fully saturated rings. The van der Waals surface area contributed by atoms with E-state index in [1.54, 1.807) is 12.4 Å². The third kappa shape index (κ3) is 1.27. The number of nitrogens with one attached hydrogen (secondary N) is 1. The molecule has 0 atom stereocenters. The first-order valence-electron chi connectivity index (χ1n) is 3.62. The fourth-order valence-electron chi connectivity index (χ4n) is 1.02. The van der Waals surface area contributed by atoms with E-state index in [1.165, 1.54) is 6.07 Å². The van der Waals surface area contributed by atoms with E-state index in [0.717, 1.165) is 5.39 Å². The highest BCUT2D eigenvalue weighted by molar-refractivity contribution is 5.76. The summed E-state index contributed by atoms with van der Waals surface area (Å²) in [5, 5.41) is 0.763. The molecule has 2 heterocycles. The SMILES string of the molecule is C#Cc1ncc2c[nH]c(=O)cc2n1. The molecule has 0 unspecified atom stereocenters. The van der Waals surface area contributed by atoms with E-state index < -0.39 is 0 Å². The Bertz CT molecular complexity index is 551. The van der Waals surface area contributed by atoms with Gasteiger partial charge in [0.15, 0.2) is 0 Å². The molecule has 62 valence electrons. The van der Waals surface area contributed by atoms with Crippen LogP contribution >= 0.6 is 0 Å². The van der Waals surface area contributed by atoms with Gasteiger partial charge in [-0.3, -0.25) is 4.79 Å². The van der Waals surface area contributed by atoms with E-state index in [-0.39, 0.29) is 11.4 Å². The van der Waals surface area contributed by atoms with E-state index >= 15 is 0 Å². The lowest BCUT2D eigenvalue weighted by Crippen LogP contribution is -2.03. The van der Waals surface area contributed by atoms with Crippen LogP contribution in [0.2, 0.25) is 0 Å². The number of nitrogens with zero attached hydrogens (tertiary/aromatic N) is 2. The lowest BCUT2D eigenvalue weighted by molar-refractivity contribution is 1.15. The van der Waals surface area contributed by atoms with Crippen molar-refractivity contribution in [2.45, 2.75) is 0 Å². The molecule has 2 aromatic rings. The Balaban J connectivity index is 2.84. The van der Waals surface area contributed by atoms with Crippen LogP contribution in [0.4, 0.5) is 0 Å². The fourth-order valence-corrected chi connectivity index (χ4v) is 1.02. The van der Waals surface area contributed by atoms with E-state index in [1.807, 2.05) is 0 Å². The zero-order valence-electron chi connectivity index (χ0n) is 6.61. The number of aromatic amines is 1. The number of terminal acetylenes is 1. The van der Waals surface area contributed by atoms with Gasteiger partial charge in [0.05, 0.1) is 5.52 Å². The molecule has 2 aromatic heterocycles. The number of fused-ring (bicyclic) bond motifs is 1. The van der Waals surface area contributed by atoms with Crippen LogP contribution in [-0.4, -0.2) is 15.0 Å². The Morgan fingerprint density at radius 3 is 3.15 bits per heavy atom. The van der Waals surface area contributed by atoms with E-state index in [9.17, 15) is 4.79 Å². The Kier molecular flexibility index (Phi) is 1.57. The van der Waals surface area contributed by atoms with Crippen LogP contribution < -0.4 is 5.56 Å². The molecule has 0 amide bonds. The van der Waals surface area contributed by atoms with Gasteiger partial charge in [0.1, 0.15) is 0 Å². The molecule has 0 saturated carbocycles. The van der Waals surface area contributed by atoms with Gasteiger partial charge in [0.25, 0.3) is 0 Å². The number of aromatic nitrogens is 3. The van der Waals surface area contributed by atoms with Gasteiger partial charge in [-0.25, -0.2) is 9.97 Å². The largest absolute Gasteiger partial charge is 0.328 e. The normalized spacial score (nSPS) is 9.77. The first-order chi connectivity index (χ1) is 6.29. The molecule has 4 heteroatoms. The van der Waals surface area contributed by atoms with Gasteiger partial charge >= 0.3 is 0 Å². The van der Waals surface area contributed by atoms with Gasteiger partial charge in [0, 0.05) is 23.8 Å². The molecular formula is C9H5N3O. The van der Waals surface area contributed by atoms with Gasteiger partial charge < -0.3 is 4.98 Å². The number of pyridine rings is 1. The first-order valence-corrected chi connectivity index (χ1v) is 3.62. The van der Waals surface area contributed by atoms with Gasteiger partial charge in [-0.05, 0) is 5.92 Å². The second-order valence-electron chi connectivity index (χ2n) is 2.48. The maximum atomic E-state index is 10.9. The minimum absolute atomic E-state index is 0.200. The summed E-state index contributed by atoms with van der Waals surface area (Å²) in [4.78, 5) is 21.3. The Morgan fingerprint density at radius 1 is 1.54 bits per heavy atom. The highest BCUT2D eigenvalue weighted by Crippen LogP contribution is 2.04. The maximum Gasteiger partial charge on any atom is 0.250 e. The summed E-state index contributed by atoms with van der Waals surface area (Å²) >= 11 is 0. The molecule has 13 heavy (non-hydrogen) atoms. The van der Waals surface area contributed by atoms with Gasteiger partial charge in [0.2, 0.25) is 11.4 Å². The molecule has 4 nitrogen and oxygen atoms in total. The van der Waals surface area contributed by atoms with Crippen molar-refractivity contribution < 1.29 is 0 Å². The van der Waals surface area contributed by atoms with E-state index in [0.29, 0.717) is 5.52 Å². The number of hydrogen-bond donors (Lipinski definition) is 1. The molecule has 0 aliphatic rings. The summed E-state index contributed by atoms with van der Waals surface area (Å²) in [7, 11) is 0. The smallest absolute Gasteiger partial charge is 0.250 e. The van der Waals surface area contributed by atoms with Crippen LogP contribution in [0.5, 0.6) is 0 Å². The van der Waals surface area contributed by atoms with Crippen molar-refractivity contribution in [1.82, 2.24) is 15.0 Å². The fraction of sp³-hybridized carbons (Fsp3) is 0. The van der Waals surface area contributed by atoms with Crippen LogP contribution in [0, 0.1) is 12.3 Å². The Hall–Kier alpha value is -2.15. The number of rotatable bonds is 0. The summed E-state index contributed by atoms with van der Waals surface area (Å²) < 4.78 is 0. The van der Waals surface area contributed by atoms with Crippen LogP contribution in [0.25, 0.3) is 10.9 Å². The third-order valence-electron chi connectivity index (χ3n) is 1.61. The quantitative estimate of drug-likeness (QED) is 0.580. The summed E-state index contributed by atoms with van der Waals surface area (Å²) in [6, 6.07) is 1.39. The van der Waals surface area contributed by atoms with Crippen LogP contribution in [-0.2, 0) is 0 Å². The van der Waals surface area contributed by atoms with Gasteiger partial charge in [-0.15, -0.1) is 6.42 Å². The molecule has 0 bridgehead atoms. The molecule has 0 aromatic carbocycles. The van der Waals surface area contributed by atoms with E-state index in [2.05, 4.69) is 20.9 Å². The van der Waals surface area contributed by atoms with Crippen LogP contribution in [0.3, 0.4) is 0 Å². The summed E-state index contributed by atoms with van der Waals surface area (Å²) in [5.41, 5.74) is 0.362. The molecule has 0 radical (unpaired) electrons. The predicted molar refractivity (Wildman–Crippen MR) is 48.1 cm³/mol. The molecule has 0 saturated heterocycles. The highest BCUT2D eigenvalue weighted by Gasteiger charge is 1.97. The van der Waals surface area contributed by atoms with Crippen LogP contribution in [0.1, 0.15) is 5.82 Å². The second-order valence-corrected chi connectivity index (χ2v) is 2.48. The molecule has 1 N–H and O–H groups in total. The van der Waals surface area contributed by atoms with Crippen molar-refractivity contribution in [2.75, 3.05) is 0 Å². The number of hydrogen-bond acceptors (Lipinski definition) is 3. The minimum Gasteiger partial charge on any atom is -0.328 e. The highest BCUT2D eigenvalue weighted by atomic mass is 16.1. The van der Waals surface area contributed by atoms with Crippen LogP contribution in [0.15, 0.2) is 23.3 Å². The second kappa shape index (κ2) is 2.72. The van der Waals surface area contributed by atoms with Crippen molar-refractivity contribution in [2.24, 2.45) is 0 Å². The summed E-state index contributed by atoms with van der Waals surface area (Å²) in [5.74, 6) is 2.59. The van der Waals surface area contributed by atoms with Crippen molar-refractivity contribution >= 4 is 10.9 Å². The average Bonchev–Trinajstić information content (AvgIpc) is 2.16. The van der Waals surface area contributed by atoms with Crippen molar-refractivity contribution in [3.63, 3.8) is 0 Å². The lowest BCUT2D eigenvalue weighted by atomic mass is 10.3. The Labute approximate surface area is 73.7 Å². The van der Waals surface area contributed by atoms with E-state index in [4.69, 9.17) is 6.42 Å². The zero-order chi connectivity index (χ0) is 9.26. The van der Waals surface area contributed by atoms with Gasteiger partial charge in [-0.1, -0.05) is 0 Å². The van der Waals surface area contributed by atoms with Crippen molar-refractivity contribution in [3.05, 3.63) is 34.6 Å². The lowest BCUT2D eigenvalue weighted by Gasteiger charge is -1.94. The molecule has 0 spiro atoms. The topological polar surface area (TPSA) is 58.6 Å². The standard InChI is InChI=1S/C9H5N3O/c1-2-8-10-4-6-5-11-9(13)3-7(6)12-8/h1,3-5H,(H,11,13). The average molecular weight is 171 g/mol. The van der Waals surface area contributed by atoms with Crippen molar-refractivity contribution in [1.29, 1.82) is 0 Å².